The third-order valence-electron chi connectivity index (χ3n) is 4.81. The molecule has 0 aliphatic carbocycles. The highest BCUT2D eigenvalue weighted by atomic mass is 16.4. The monoisotopic (exact) mass is 421 g/mol. The highest BCUT2D eigenvalue weighted by Gasteiger charge is 2.45. The van der Waals surface area contributed by atoms with Crippen LogP contribution in [0.3, 0.4) is 0 Å². The maximum Gasteiger partial charge on any atom is 0.331 e. The van der Waals surface area contributed by atoms with Gasteiger partial charge in [-0.15, -0.1) is 0 Å². The van der Waals surface area contributed by atoms with E-state index in [0.717, 1.165) is 5.56 Å². The number of carboxylic acid groups (broad SMARTS) is 1. The van der Waals surface area contributed by atoms with E-state index in [0.29, 0.717) is 0 Å². The summed E-state index contributed by atoms with van der Waals surface area (Å²) in [6, 6.07) is 6.01. The lowest BCUT2D eigenvalue weighted by atomic mass is 9.83. The zero-order chi connectivity index (χ0) is 22.9. The van der Waals surface area contributed by atoms with E-state index in [2.05, 4.69) is 10.6 Å². The van der Waals surface area contributed by atoms with Crippen molar-refractivity contribution in [2.45, 2.75) is 50.7 Å². The average Bonchev–Trinajstić information content (AvgIpc) is 2.69. The summed E-state index contributed by atoms with van der Waals surface area (Å²) < 4.78 is 0. The Balaban J connectivity index is 3.10. The lowest BCUT2D eigenvalue weighted by Crippen LogP contribution is -2.63. The van der Waals surface area contributed by atoms with Crippen LogP contribution < -0.4 is 27.8 Å². The number of carbonyl (C=O) groups excluding carboxylic acids is 3. The van der Waals surface area contributed by atoms with Crippen molar-refractivity contribution < 1.29 is 24.3 Å². The number of ketones is 1. The Morgan fingerprint density at radius 2 is 1.73 bits per heavy atom. The average molecular weight is 421 g/mol. The molecule has 0 saturated carbocycles. The van der Waals surface area contributed by atoms with Crippen molar-refractivity contribution in [2.75, 3.05) is 6.54 Å². The number of carbonyl (C=O) groups is 4. The molecule has 0 spiro atoms. The van der Waals surface area contributed by atoms with Crippen LogP contribution in [0.1, 0.15) is 32.3 Å². The van der Waals surface area contributed by atoms with Gasteiger partial charge in [0.2, 0.25) is 5.91 Å². The van der Waals surface area contributed by atoms with Gasteiger partial charge in [0, 0.05) is 6.54 Å². The molecule has 1 aromatic rings. The second-order valence-corrected chi connectivity index (χ2v) is 7.56. The van der Waals surface area contributed by atoms with E-state index in [9.17, 15) is 24.3 Å². The van der Waals surface area contributed by atoms with Gasteiger partial charge in [-0.05, 0) is 30.7 Å². The number of primary amides is 1. The topological polar surface area (TPSA) is 191 Å². The van der Waals surface area contributed by atoms with Crippen molar-refractivity contribution in [3.63, 3.8) is 0 Å². The smallest absolute Gasteiger partial charge is 0.331 e. The minimum atomic E-state index is -2.26. The van der Waals surface area contributed by atoms with Gasteiger partial charge in [-0.2, -0.15) is 0 Å². The van der Waals surface area contributed by atoms with Crippen LogP contribution in [0.5, 0.6) is 0 Å². The first-order valence-electron chi connectivity index (χ1n) is 9.68. The first-order chi connectivity index (χ1) is 14.0. The molecule has 0 radical (unpaired) electrons. The molecule has 9 N–H and O–H groups in total. The van der Waals surface area contributed by atoms with Crippen LogP contribution in [-0.4, -0.2) is 53.0 Å². The molecule has 1 aromatic carbocycles. The summed E-state index contributed by atoms with van der Waals surface area (Å²) in [6.45, 7) is 3.58. The lowest BCUT2D eigenvalue weighted by Gasteiger charge is -2.30. The highest BCUT2D eigenvalue weighted by molar-refractivity contribution is 6.11. The number of hydrogen-bond acceptors (Lipinski definition) is 6. The van der Waals surface area contributed by atoms with E-state index in [1.807, 2.05) is 0 Å². The predicted molar refractivity (Wildman–Crippen MR) is 111 cm³/mol. The number of hydrogen-bond donors (Lipinski definition) is 6. The second-order valence-electron chi connectivity index (χ2n) is 7.56. The Morgan fingerprint density at radius 3 is 2.23 bits per heavy atom. The molecule has 166 valence electrons. The summed E-state index contributed by atoms with van der Waals surface area (Å²) >= 11 is 0. The standard InChI is InChI=1S/C20H31N5O5/c1-12(2)15(21)17(27)25-14(11-13-7-4-3-5-8-13)16(26)20(23,18(28)29)9-6-10-24-19(22)30/h3-5,7-8,12,14-15H,6,9-11,21,23H2,1-2H3,(H,25,27)(H,28,29)(H3,22,24,30)/t14?,15?,20-/m0/s1. The molecule has 3 atom stereocenters. The van der Waals surface area contributed by atoms with Crippen LogP contribution in [0.2, 0.25) is 0 Å². The zero-order valence-corrected chi connectivity index (χ0v) is 17.3. The van der Waals surface area contributed by atoms with Gasteiger partial charge in [0.15, 0.2) is 11.3 Å². The molecule has 0 aliphatic heterocycles. The van der Waals surface area contributed by atoms with Gasteiger partial charge in [-0.3, -0.25) is 9.59 Å². The van der Waals surface area contributed by atoms with Crippen molar-refractivity contribution in [3.05, 3.63) is 35.9 Å². The Labute approximate surface area is 175 Å². The third-order valence-corrected chi connectivity index (χ3v) is 4.81. The lowest BCUT2D eigenvalue weighted by molar-refractivity contribution is -0.150. The molecule has 0 heterocycles. The Hall–Kier alpha value is -2.98. The van der Waals surface area contributed by atoms with Gasteiger partial charge < -0.3 is 32.9 Å². The summed E-state index contributed by atoms with van der Waals surface area (Å²) in [4.78, 5) is 48.3. The Morgan fingerprint density at radius 1 is 1.13 bits per heavy atom. The normalized spacial score (nSPS) is 15.0. The van der Waals surface area contributed by atoms with Crippen LogP contribution in [0, 0.1) is 5.92 Å². The summed E-state index contributed by atoms with van der Waals surface area (Å²) in [6.07, 6.45) is -0.0875. The molecule has 3 amide bonds. The maximum atomic E-state index is 13.2. The second kappa shape index (κ2) is 11.3. The van der Waals surface area contributed by atoms with E-state index >= 15 is 0 Å². The van der Waals surface area contributed by atoms with Gasteiger partial charge in [0.1, 0.15) is 0 Å². The van der Waals surface area contributed by atoms with E-state index in [4.69, 9.17) is 17.2 Å². The molecule has 0 fully saturated rings. The molecular formula is C20H31N5O5. The van der Waals surface area contributed by atoms with Crippen LogP contribution in [0.25, 0.3) is 0 Å². The van der Waals surface area contributed by atoms with Gasteiger partial charge in [0.05, 0.1) is 12.1 Å². The number of carboxylic acids is 1. The van der Waals surface area contributed by atoms with Gasteiger partial charge in [-0.1, -0.05) is 44.2 Å². The summed E-state index contributed by atoms with van der Waals surface area (Å²) in [7, 11) is 0. The first kappa shape index (κ1) is 25.1. The molecule has 30 heavy (non-hydrogen) atoms. The number of benzene rings is 1. The van der Waals surface area contributed by atoms with E-state index in [1.54, 1.807) is 44.2 Å². The fourth-order valence-corrected chi connectivity index (χ4v) is 2.86. The molecule has 1 rings (SSSR count). The summed E-state index contributed by atoms with van der Waals surface area (Å²) in [5.41, 5.74) is 15.3. The number of urea groups is 1. The van der Waals surface area contributed by atoms with Crippen LogP contribution >= 0.6 is 0 Å². The number of nitrogens with one attached hydrogen (secondary N) is 2. The molecule has 10 heteroatoms. The molecule has 0 aromatic heterocycles. The molecule has 0 aliphatic rings. The fourth-order valence-electron chi connectivity index (χ4n) is 2.86. The molecule has 10 nitrogen and oxygen atoms in total. The molecular weight excluding hydrogens is 390 g/mol. The first-order valence-corrected chi connectivity index (χ1v) is 9.68. The number of nitrogens with two attached hydrogens (primary N) is 3. The fraction of sp³-hybridized carbons (Fsp3) is 0.500. The predicted octanol–water partition coefficient (Wildman–Crippen LogP) is -0.503. The van der Waals surface area contributed by atoms with Crippen molar-refractivity contribution >= 4 is 23.7 Å². The van der Waals surface area contributed by atoms with Crippen LogP contribution in [0.4, 0.5) is 4.79 Å². The van der Waals surface area contributed by atoms with E-state index < -0.39 is 41.3 Å². The third kappa shape index (κ3) is 7.12. The van der Waals surface area contributed by atoms with E-state index in [-0.39, 0.29) is 31.7 Å². The van der Waals surface area contributed by atoms with E-state index in [1.165, 1.54) is 0 Å². The number of amides is 3. The van der Waals surface area contributed by atoms with Gasteiger partial charge >= 0.3 is 12.0 Å². The SMILES string of the molecule is CC(C)C(N)C(=O)NC(Cc1ccccc1)C(=O)[C@@](N)(CCCNC(N)=O)C(=O)O. The van der Waals surface area contributed by atoms with Crippen LogP contribution in [0.15, 0.2) is 30.3 Å². The number of Topliss-reactive ketones (excluding diaryl/α,β-unsaturated/α-hetero) is 1. The maximum absolute atomic E-state index is 13.2. The highest BCUT2D eigenvalue weighted by Crippen LogP contribution is 2.17. The molecule has 0 saturated heterocycles. The van der Waals surface area contributed by atoms with Gasteiger partial charge in [0.25, 0.3) is 0 Å². The van der Waals surface area contributed by atoms with Crippen molar-refractivity contribution in [3.8, 4) is 0 Å². The minimum absolute atomic E-state index is 0.0575. The quantitative estimate of drug-likeness (QED) is 0.193. The van der Waals surface area contributed by atoms with Crippen molar-refractivity contribution in [2.24, 2.45) is 23.1 Å². The van der Waals surface area contributed by atoms with Crippen molar-refractivity contribution in [1.82, 2.24) is 10.6 Å². The molecule has 2 unspecified atom stereocenters. The van der Waals surface area contributed by atoms with Crippen molar-refractivity contribution in [1.29, 1.82) is 0 Å². The largest absolute Gasteiger partial charge is 0.480 e. The summed E-state index contributed by atoms with van der Waals surface area (Å²) in [5, 5.41) is 14.5. The Bertz CT molecular complexity index is 755. The van der Waals surface area contributed by atoms with Gasteiger partial charge in [-0.25, -0.2) is 9.59 Å². The minimum Gasteiger partial charge on any atom is -0.480 e. The zero-order valence-electron chi connectivity index (χ0n) is 17.3. The number of aliphatic carboxylic acids is 1. The summed E-state index contributed by atoms with van der Waals surface area (Å²) in [5.74, 6) is -3.11. The number of rotatable bonds is 12. The van der Waals surface area contributed by atoms with Crippen LogP contribution in [-0.2, 0) is 20.8 Å². The Kier molecular flexibility index (Phi) is 9.41. The molecule has 0 bridgehead atoms.